The van der Waals surface area contributed by atoms with E-state index in [4.69, 9.17) is 0 Å². The van der Waals surface area contributed by atoms with Crippen molar-refractivity contribution in [1.29, 1.82) is 0 Å². The molecule has 112 valence electrons. The molecule has 0 amide bonds. The van der Waals surface area contributed by atoms with Crippen molar-refractivity contribution in [1.82, 2.24) is 4.90 Å². The largest absolute Gasteiger partial charge is 0.382 e. The highest BCUT2D eigenvalue weighted by Gasteiger charge is 2.31. The zero-order chi connectivity index (χ0) is 14.8. The minimum Gasteiger partial charge on any atom is -0.382 e. The summed E-state index contributed by atoms with van der Waals surface area (Å²) in [5.41, 5.74) is 3.12. The molecule has 0 spiro atoms. The van der Waals surface area contributed by atoms with Crippen LogP contribution in [0.5, 0.6) is 0 Å². The van der Waals surface area contributed by atoms with Gasteiger partial charge in [0, 0.05) is 18.3 Å². The predicted molar refractivity (Wildman–Crippen MR) is 88.0 cm³/mol. The molecule has 0 saturated heterocycles. The maximum absolute atomic E-state index is 3.76. The highest BCUT2D eigenvalue weighted by atomic mass is 15.0. The molecule has 20 heavy (non-hydrogen) atoms. The molecular weight excluding hydrogens is 244 g/mol. The highest BCUT2D eigenvalue weighted by molar-refractivity contribution is 5.46. The molecule has 1 aliphatic carbocycles. The van der Waals surface area contributed by atoms with Crippen molar-refractivity contribution in [2.24, 2.45) is 11.3 Å². The van der Waals surface area contributed by atoms with E-state index in [1.807, 2.05) is 0 Å². The van der Waals surface area contributed by atoms with Crippen molar-refractivity contribution in [3.8, 4) is 0 Å². The molecule has 1 saturated carbocycles. The average Bonchev–Trinajstić information content (AvgIpc) is 2.24. The molecule has 2 heteroatoms. The lowest BCUT2D eigenvalue weighted by atomic mass is 9.70. The first-order valence-corrected chi connectivity index (χ1v) is 7.84. The van der Waals surface area contributed by atoms with Crippen LogP contribution in [0.2, 0.25) is 0 Å². The fourth-order valence-corrected chi connectivity index (χ4v) is 3.82. The van der Waals surface area contributed by atoms with E-state index in [-0.39, 0.29) is 0 Å². The van der Waals surface area contributed by atoms with Crippen LogP contribution in [-0.2, 0) is 6.54 Å². The van der Waals surface area contributed by atoms with E-state index in [1.54, 1.807) is 0 Å². The summed E-state index contributed by atoms with van der Waals surface area (Å²) in [6.07, 6.45) is 3.92. The van der Waals surface area contributed by atoms with Gasteiger partial charge in [-0.05, 0) is 62.4 Å². The Balaban J connectivity index is 2.02. The summed E-state index contributed by atoms with van der Waals surface area (Å²) in [5, 5.41) is 3.76. The van der Waals surface area contributed by atoms with Crippen LogP contribution in [0.25, 0.3) is 0 Å². The van der Waals surface area contributed by atoms with E-state index in [1.165, 1.54) is 30.5 Å². The fraction of sp³-hybridized carbons (Fsp3) is 0.667. The summed E-state index contributed by atoms with van der Waals surface area (Å²) in [5.74, 6) is 0.821. The molecule has 0 aliphatic heterocycles. The number of hydrogen-bond donors (Lipinski definition) is 1. The lowest BCUT2D eigenvalue weighted by Gasteiger charge is -2.39. The van der Waals surface area contributed by atoms with Crippen LogP contribution < -0.4 is 5.32 Å². The van der Waals surface area contributed by atoms with Gasteiger partial charge in [0.1, 0.15) is 0 Å². The van der Waals surface area contributed by atoms with E-state index in [2.05, 4.69) is 69.3 Å². The lowest BCUT2D eigenvalue weighted by Crippen LogP contribution is -2.35. The Kier molecular flexibility index (Phi) is 4.74. The molecule has 2 unspecified atom stereocenters. The Bertz CT molecular complexity index is 437. The molecule has 0 bridgehead atoms. The molecule has 0 aromatic heterocycles. The molecule has 0 radical (unpaired) electrons. The van der Waals surface area contributed by atoms with Crippen molar-refractivity contribution in [3.05, 3.63) is 29.8 Å². The van der Waals surface area contributed by atoms with Crippen LogP contribution in [0.1, 0.15) is 45.6 Å². The Hall–Kier alpha value is -1.02. The summed E-state index contributed by atoms with van der Waals surface area (Å²) in [6, 6.07) is 9.48. The van der Waals surface area contributed by atoms with Gasteiger partial charge in [-0.15, -0.1) is 0 Å². The van der Waals surface area contributed by atoms with E-state index < -0.39 is 0 Å². The maximum Gasteiger partial charge on any atom is 0.0345 e. The first-order valence-electron chi connectivity index (χ1n) is 7.84. The zero-order valence-electron chi connectivity index (χ0n) is 13.7. The van der Waals surface area contributed by atoms with E-state index in [0.717, 1.165) is 12.5 Å². The number of anilines is 1. The molecule has 2 atom stereocenters. The standard InChI is InChI=1S/C18H30N2/c1-14-9-17(12-18(2,3)11-14)19-16-8-6-7-15(10-16)13-20(4)5/h6-8,10,14,17,19H,9,11-13H2,1-5H3. The third-order valence-corrected chi connectivity index (χ3v) is 4.18. The molecule has 2 rings (SSSR count). The molecule has 1 fully saturated rings. The van der Waals surface area contributed by atoms with E-state index >= 15 is 0 Å². The van der Waals surface area contributed by atoms with E-state index in [9.17, 15) is 0 Å². The van der Waals surface area contributed by atoms with Gasteiger partial charge in [-0.1, -0.05) is 32.9 Å². The zero-order valence-corrected chi connectivity index (χ0v) is 13.7. The van der Waals surface area contributed by atoms with Crippen LogP contribution in [0, 0.1) is 11.3 Å². The third-order valence-electron chi connectivity index (χ3n) is 4.18. The third kappa shape index (κ3) is 4.52. The second-order valence-corrected chi connectivity index (χ2v) is 7.69. The molecule has 1 aromatic rings. The molecule has 2 nitrogen and oxygen atoms in total. The van der Waals surface area contributed by atoms with Crippen LogP contribution in [0.3, 0.4) is 0 Å². The van der Waals surface area contributed by atoms with Crippen LogP contribution in [0.4, 0.5) is 5.69 Å². The number of benzene rings is 1. The van der Waals surface area contributed by atoms with Gasteiger partial charge in [-0.25, -0.2) is 0 Å². The summed E-state index contributed by atoms with van der Waals surface area (Å²) in [4.78, 5) is 2.21. The normalized spacial score (nSPS) is 25.7. The quantitative estimate of drug-likeness (QED) is 0.877. The maximum atomic E-state index is 3.76. The van der Waals surface area contributed by atoms with Crippen molar-refractivity contribution < 1.29 is 0 Å². The smallest absolute Gasteiger partial charge is 0.0345 e. The molecule has 0 heterocycles. The minimum absolute atomic E-state index is 0.469. The summed E-state index contributed by atoms with van der Waals surface area (Å²) >= 11 is 0. The molecule has 1 aromatic carbocycles. The number of nitrogens with one attached hydrogen (secondary N) is 1. The summed E-state index contributed by atoms with van der Waals surface area (Å²) in [6.45, 7) is 8.19. The fourth-order valence-electron chi connectivity index (χ4n) is 3.82. The first-order chi connectivity index (χ1) is 9.34. The van der Waals surface area contributed by atoms with Gasteiger partial charge in [0.25, 0.3) is 0 Å². The molecule has 1 N–H and O–H groups in total. The Morgan fingerprint density at radius 2 is 2.00 bits per heavy atom. The van der Waals surface area contributed by atoms with Crippen LogP contribution in [0.15, 0.2) is 24.3 Å². The second-order valence-electron chi connectivity index (χ2n) is 7.69. The monoisotopic (exact) mass is 274 g/mol. The average molecular weight is 274 g/mol. The van der Waals surface area contributed by atoms with Gasteiger partial charge < -0.3 is 10.2 Å². The lowest BCUT2D eigenvalue weighted by molar-refractivity contribution is 0.178. The Morgan fingerprint density at radius 3 is 2.65 bits per heavy atom. The van der Waals surface area contributed by atoms with Gasteiger partial charge in [-0.3, -0.25) is 0 Å². The van der Waals surface area contributed by atoms with Crippen molar-refractivity contribution in [2.75, 3.05) is 19.4 Å². The van der Waals surface area contributed by atoms with Crippen molar-refractivity contribution in [2.45, 2.75) is 52.6 Å². The topological polar surface area (TPSA) is 15.3 Å². The van der Waals surface area contributed by atoms with Crippen LogP contribution >= 0.6 is 0 Å². The summed E-state index contributed by atoms with van der Waals surface area (Å²) < 4.78 is 0. The van der Waals surface area contributed by atoms with Gasteiger partial charge in [0.15, 0.2) is 0 Å². The minimum atomic E-state index is 0.469. The molecular formula is C18H30N2. The van der Waals surface area contributed by atoms with Crippen molar-refractivity contribution in [3.63, 3.8) is 0 Å². The number of rotatable bonds is 4. The Labute approximate surface area is 124 Å². The second kappa shape index (κ2) is 6.17. The first kappa shape index (κ1) is 15.4. The van der Waals surface area contributed by atoms with Gasteiger partial charge >= 0.3 is 0 Å². The number of nitrogens with zero attached hydrogens (tertiary/aromatic N) is 1. The summed E-state index contributed by atoms with van der Waals surface area (Å²) in [7, 11) is 4.23. The van der Waals surface area contributed by atoms with Gasteiger partial charge in [0.2, 0.25) is 0 Å². The van der Waals surface area contributed by atoms with Gasteiger partial charge in [-0.2, -0.15) is 0 Å². The van der Waals surface area contributed by atoms with E-state index in [0.29, 0.717) is 11.5 Å². The highest BCUT2D eigenvalue weighted by Crippen LogP contribution is 2.39. The SMILES string of the molecule is CC1CC(Nc2cccc(CN(C)C)c2)CC(C)(C)C1. The van der Waals surface area contributed by atoms with Crippen molar-refractivity contribution >= 4 is 5.69 Å². The molecule has 1 aliphatic rings. The predicted octanol–water partition coefficient (Wildman–Crippen LogP) is 4.37. The van der Waals surface area contributed by atoms with Crippen LogP contribution in [-0.4, -0.2) is 25.0 Å². The number of hydrogen-bond acceptors (Lipinski definition) is 2. The Morgan fingerprint density at radius 1 is 1.25 bits per heavy atom. The van der Waals surface area contributed by atoms with Gasteiger partial charge in [0.05, 0.1) is 0 Å².